The fourth-order valence-electron chi connectivity index (χ4n) is 6.20. The molecule has 6 rings (SSSR count). The van der Waals surface area contributed by atoms with E-state index in [0.717, 1.165) is 19.3 Å². The van der Waals surface area contributed by atoms with Crippen LogP contribution in [0.4, 0.5) is 5.69 Å². The van der Waals surface area contributed by atoms with Crippen LogP contribution in [0, 0.1) is 23.2 Å². The normalized spacial score (nSPS) is 29.5. The first kappa shape index (κ1) is 19.6. The number of carbonyl (C=O) groups excluding carboxylic acids is 1. The molecule has 4 saturated carbocycles. The summed E-state index contributed by atoms with van der Waals surface area (Å²) < 4.78 is 29.8. The van der Waals surface area contributed by atoms with E-state index in [9.17, 15) is 13.2 Å². The number of amides is 1. The Bertz CT molecular complexity index is 995. The molecule has 0 unspecified atom stereocenters. The lowest BCUT2D eigenvalue weighted by molar-refractivity contribution is -0.140. The molecule has 0 radical (unpaired) electrons. The third-order valence-electron chi connectivity index (χ3n) is 7.04. The van der Waals surface area contributed by atoms with E-state index >= 15 is 0 Å². The molecular formula is C24H27NO4S. The van der Waals surface area contributed by atoms with Gasteiger partial charge in [0.15, 0.2) is 0 Å². The van der Waals surface area contributed by atoms with E-state index in [1.165, 1.54) is 19.3 Å². The number of carbonyl (C=O) groups is 1. The van der Waals surface area contributed by atoms with Gasteiger partial charge in [0.25, 0.3) is 0 Å². The molecule has 4 fully saturated rings. The van der Waals surface area contributed by atoms with Crippen molar-refractivity contribution in [3.05, 3.63) is 60.2 Å². The molecular weight excluding hydrogens is 398 g/mol. The summed E-state index contributed by atoms with van der Waals surface area (Å²) in [6.45, 7) is 0. The van der Waals surface area contributed by atoms with E-state index in [1.807, 2.05) is 6.07 Å². The standard InChI is InChI=1S/C24H27NO4S/c26-23(24-13-18-10-19(14-24)12-20(11-18)15-24)25-21-6-8-22(9-7-21)29-30(27,28)16-17-4-2-1-3-5-17/h1-9,18-20H,10-16H2,(H,25,26). The van der Waals surface area contributed by atoms with Crippen LogP contribution in [0.2, 0.25) is 0 Å². The van der Waals surface area contributed by atoms with Gasteiger partial charge in [0.05, 0.1) is 5.41 Å². The van der Waals surface area contributed by atoms with Crippen molar-refractivity contribution in [1.82, 2.24) is 0 Å². The SMILES string of the molecule is O=C(Nc1ccc(OS(=O)(=O)Cc2ccccc2)cc1)C12CC3CC(CC(C3)C1)C2. The lowest BCUT2D eigenvalue weighted by Gasteiger charge is -2.55. The van der Waals surface area contributed by atoms with Crippen LogP contribution < -0.4 is 9.50 Å². The molecule has 2 aromatic carbocycles. The van der Waals surface area contributed by atoms with Crippen LogP contribution in [0.5, 0.6) is 5.75 Å². The summed E-state index contributed by atoms with van der Waals surface area (Å²) in [4.78, 5) is 13.1. The first-order chi connectivity index (χ1) is 14.4. The van der Waals surface area contributed by atoms with Gasteiger partial charge in [-0.25, -0.2) is 0 Å². The highest BCUT2D eigenvalue weighted by Crippen LogP contribution is 2.60. The van der Waals surface area contributed by atoms with Crippen LogP contribution in [0.3, 0.4) is 0 Å². The predicted octanol–water partition coefficient (Wildman–Crippen LogP) is 4.75. The number of benzene rings is 2. The maximum Gasteiger partial charge on any atom is 0.313 e. The Kier molecular flexibility index (Phi) is 4.85. The smallest absolute Gasteiger partial charge is 0.313 e. The van der Waals surface area contributed by atoms with Crippen molar-refractivity contribution >= 4 is 21.7 Å². The molecule has 4 aliphatic carbocycles. The fraction of sp³-hybridized carbons (Fsp3) is 0.458. The number of anilines is 1. The molecule has 0 aliphatic heterocycles. The zero-order chi connectivity index (χ0) is 20.8. The van der Waals surface area contributed by atoms with E-state index in [2.05, 4.69) is 5.32 Å². The second-order valence-corrected chi connectivity index (χ2v) is 11.0. The summed E-state index contributed by atoms with van der Waals surface area (Å²) >= 11 is 0. The van der Waals surface area contributed by atoms with Crippen molar-refractivity contribution in [3.8, 4) is 5.75 Å². The van der Waals surface area contributed by atoms with E-state index in [0.29, 0.717) is 29.0 Å². The molecule has 5 nitrogen and oxygen atoms in total. The van der Waals surface area contributed by atoms with Crippen molar-refractivity contribution in [2.75, 3.05) is 5.32 Å². The quantitative estimate of drug-likeness (QED) is 0.678. The average molecular weight is 426 g/mol. The van der Waals surface area contributed by atoms with E-state index < -0.39 is 10.1 Å². The van der Waals surface area contributed by atoms with Gasteiger partial charge in [0.1, 0.15) is 11.5 Å². The van der Waals surface area contributed by atoms with Gasteiger partial charge in [-0.3, -0.25) is 4.79 Å². The maximum absolute atomic E-state index is 13.1. The highest BCUT2D eigenvalue weighted by Gasteiger charge is 2.54. The molecule has 158 valence electrons. The predicted molar refractivity (Wildman–Crippen MR) is 115 cm³/mol. The molecule has 4 bridgehead atoms. The zero-order valence-electron chi connectivity index (χ0n) is 16.9. The maximum atomic E-state index is 13.1. The number of rotatable bonds is 6. The molecule has 4 aliphatic rings. The van der Waals surface area contributed by atoms with Crippen LogP contribution in [-0.2, 0) is 20.7 Å². The van der Waals surface area contributed by atoms with Gasteiger partial charge >= 0.3 is 10.1 Å². The highest BCUT2D eigenvalue weighted by atomic mass is 32.2. The van der Waals surface area contributed by atoms with Crippen molar-refractivity contribution in [3.63, 3.8) is 0 Å². The Labute approximate surface area is 178 Å². The van der Waals surface area contributed by atoms with E-state index in [1.54, 1.807) is 48.5 Å². The number of nitrogens with one attached hydrogen (secondary N) is 1. The first-order valence-corrected chi connectivity index (χ1v) is 12.3. The average Bonchev–Trinajstić information content (AvgIpc) is 2.68. The molecule has 1 amide bonds. The summed E-state index contributed by atoms with van der Waals surface area (Å²) in [7, 11) is -3.74. The summed E-state index contributed by atoms with van der Waals surface area (Å²) in [5.74, 6) is 2.34. The summed E-state index contributed by atoms with van der Waals surface area (Å²) in [5.41, 5.74) is 1.16. The molecule has 0 heterocycles. The Hall–Kier alpha value is -2.34. The molecule has 0 spiro atoms. The van der Waals surface area contributed by atoms with Gasteiger partial charge in [-0.15, -0.1) is 0 Å². The largest absolute Gasteiger partial charge is 0.382 e. The fourth-order valence-corrected chi connectivity index (χ4v) is 7.26. The lowest BCUT2D eigenvalue weighted by Crippen LogP contribution is -2.51. The first-order valence-electron chi connectivity index (χ1n) is 10.8. The second-order valence-electron chi connectivity index (χ2n) is 9.45. The summed E-state index contributed by atoms with van der Waals surface area (Å²) in [5, 5.41) is 3.08. The minimum Gasteiger partial charge on any atom is -0.382 e. The number of hydrogen-bond acceptors (Lipinski definition) is 4. The monoisotopic (exact) mass is 425 g/mol. The minimum atomic E-state index is -3.74. The molecule has 0 atom stereocenters. The van der Waals surface area contributed by atoms with Gasteiger partial charge in [-0.05, 0) is 86.1 Å². The van der Waals surface area contributed by atoms with Gasteiger partial charge in [-0.2, -0.15) is 8.42 Å². The highest BCUT2D eigenvalue weighted by molar-refractivity contribution is 7.86. The molecule has 2 aromatic rings. The van der Waals surface area contributed by atoms with E-state index in [-0.39, 0.29) is 22.8 Å². The Morgan fingerprint density at radius 3 is 2.03 bits per heavy atom. The molecule has 30 heavy (non-hydrogen) atoms. The summed E-state index contributed by atoms with van der Waals surface area (Å²) in [6, 6.07) is 15.6. The minimum absolute atomic E-state index is 0.131. The van der Waals surface area contributed by atoms with E-state index in [4.69, 9.17) is 4.18 Å². The van der Waals surface area contributed by atoms with Crippen molar-refractivity contribution in [1.29, 1.82) is 0 Å². The van der Waals surface area contributed by atoms with Gasteiger partial charge in [0, 0.05) is 5.69 Å². The van der Waals surface area contributed by atoms with Gasteiger partial charge in [-0.1, -0.05) is 30.3 Å². The molecule has 0 saturated heterocycles. The van der Waals surface area contributed by atoms with Crippen molar-refractivity contribution in [2.24, 2.45) is 23.2 Å². The Balaban J connectivity index is 1.23. The van der Waals surface area contributed by atoms with Crippen LogP contribution in [0.15, 0.2) is 54.6 Å². The lowest BCUT2D eigenvalue weighted by atomic mass is 9.49. The Morgan fingerprint density at radius 1 is 0.900 bits per heavy atom. The zero-order valence-corrected chi connectivity index (χ0v) is 17.7. The van der Waals surface area contributed by atoms with Gasteiger partial charge in [0.2, 0.25) is 5.91 Å². The van der Waals surface area contributed by atoms with Crippen LogP contribution in [0.1, 0.15) is 44.1 Å². The molecule has 6 heteroatoms. The molecule has 0 aromatic heterocycles. The van der Waals surface area contributed by atoms with Gasteiger partial charge < -0.3 is 9.50 Å². The van der Waals surface area contributed by atoms with Crippen LogP contribution >= 0.6 is 0 Å². The van der Waals surface area contributed by atoms with Crippen LogP contribution in [0.25, 0.3) is 0 Å². The second kappa shape index (κ2) is 7.41. The van der Waals surface area contributed by atoms with Crippen molar-refractivity contribution < 1.29 is 17.4 Å². The summed E-state index contributed by atoms with van der Waals surface area (Å²) in [6.07, 6.45) is 6.96. The van der Waals surface area contributed by atoms with Crippen LogP contribution in [-0.4, -0.2) is 14.3 Å². The van der Waals surface area contributed by atoms with Crippen molar-refractivity contribution in [2.45, 2.75) is 44.3 Å². The third-order valence-corrected chi connectivity index (χ3v) is 8.17. The third kappa shape index (κ3) is 3.97. The topological polar surface area (TPSA) is 72.5 Å². The molecule has 1 N–H and O–H groups in total. The number of hydrogen-bond donors (Lipinski definition) is 1. The Morgan fingerprint density at radius 2 is 1.47 bits per heavy atom.